The largest absolute Gasteiger partial charge is 0.505 e. The van der Waals surface area contributed by atoms with Crippen molar-refractivity contribution in [3.05, 3.63) is 99.5 Å². The van der Waals surface area contributed by atoms with E-state index in [4.69, 9.17) is 0 Å². The van der Waals surface area contributed by atoms with Crippen molar-refractivity contribution in [1.82, 2.24) is 15.2 Å². The Morgan fingerprint density at radius 1 is 1.15 bits per heavy atom. The van der Waals surface area contributed by atoms with Gasteiger partial charge in [-0.25, -0.2) is 12.8 Å². The molecular formula is C30H29FN4O5S. The summed E-state index contributed by atoms with van der Waals surface area (Å²) >= 11 is 0. The van der Waals surface area contributed by atoms with Crippen molar-refractivity contribution in [3.8, 4) is 5.75 Å². The standard InChI is InChI=1S/C30H29FN4O5S/c1-17-5-7-18(8-6-17)11-19-12-23-26(33-14-19)28(36)25-24(27(23)34(3)41(4,39)40)16-35(30(25)38)15-20-9-10-21(31)13-22(20)29(37)32-2/h5-10,12-14,36H,11,15-16H2,1-4H3,(H,32,37). The molecule has 0 spiro atoms. The molecule has 2 amide bonds. The molecule has 2 heterocycles. The van der Waals surface area contributed by atoms with Crippen molar-refractivity contribution in [1.29, 1.82) is 0 Å². The molecule has 1 aromatic heterocycles. The molecule has 1 aliphatic heterocycles. The number of amides is 2. The van der Waals surface area contributed by atoms with E-state index in [0.29, 0.717) is 22.9 Å². The van der Waals surface area contributed by atoms with Crippen LogP contribution in [0.3, 0.4) is 0 Å². The number of pyridine rings is 1. The van der Waals surface area contributed by atoms with Crippen LogP contribution < -0.4 is 9.62 Å². The number of hydrogen-bond acceptors (Lipinski definition) is 6. The number of aromatic nitrogens is 1. The predicted octanol–water partition coefficient (Wildman–Crippen LogP) is 3.89. The van der Waals surface area contributed by atoms with Crippen LogP contribution in [-0.2, 0) is 29.5 Å². The highest BCUT2D eigenvalue weighted by atomic mass is 32.2. The molecule has 0 aliphatic carbocycles. The van der Waals surface area contributed by atoms with Crippen LogP contribution >= 0.6 is 0 Å². The van der Waals surface area contributed by atoms with Gasteiger partial charge in [-0.3, -0.25) is 18.9 Å². The maximum Gasteiger partial charge on any atom is 0.258 e. The molecule has 4 aromatic rings. The van der Waals surface area contributed by atoms with Gasteiger partial charge in [0.25, 0.3) is 11.8 Å². The smallest absolute Gasteiger partial charge is 0.258 e. The topological polar surface area (TPSA) is 120 Å². The van der Waals surface area contributed by atoms with E-state index in [1.54, 1.807) is 12.3 Å². The molecule has 2 N–H and O–H groups in total. The summed E-state index contributed by atoms with van der Waals surface area (Å²) in [5.74, 6) is -2.02. The maximum absolute atomic E-state index is 13.9. The van der Waals surface area contributed by atoms with Gasteiger partial charge in [0.15, 0.2) is 5.75 Å². The van der Waals surface area contributed by atoms with E-state index in [0.717, 1.165) is 33.3 Å². The second-order valence-corrected chi connectivity index (χ2v) is 12.2. The van der Waals surface area contributed by atoms with E-state index in [9.17, 15) is 27.5 Å². The Hall–Kier alpha value is -4.51. The first-order chi connectivity index (χ1) is 19.4. The molecule has 0 radical (unpaired) electrons. The zero-order valence-electron chi connectivity index (χ0n) is 23.0. The molecule has 1 aliphatic rings. The monoisotopic (exact) mass is 576 g/mol. The summed E-state index contributed by atoms with van der Waals surface area (Å²) in [6.45, 7) is 1.89. The number of carbonyl (C=O) groups is 2. The lowest BCUT2D eigenvalue weighted by Gasteiger charge is -2.23. The van der Waals surface area contributed by atoms with Gasteiger partial charge in [-0.1, -0.05) is 35.9 Å². The number of aromatic hydroxyl groups is 1. The number of phenolic OH excluding ortho intramolecular Hbond substituents is 1. The number of rotatable bonds is 7. The van der Waals surface area contributed by atoms with Crippen LogP contribution in [0.4, 0.5) is 10.1 Å². The first-order valence-corrected chi connectivity index (χ1v) is 14.7. The summed E-state index contributed by atoms with van der Waals surface area (Å²) in [5.41, 5.74) is 4.05. The molecule has 0 unspecified atom stereocenters. The molecule has 0 fully saturated rings. The fourth-order valence-electron chi connectivity index (χ4n) is 5.15. The Kier molecular flexibility index (Phi) is 7.16. The van der Waals surface area contributed by atoms with Gasteiger partial charge in [-0.2, -0.15) is 0 Å². The molecule has 3 aromatic carbocycles. The fraction of sp³-hybridized carbons (Fsp3) is 0.233. The number of halogens is 1. The van der Waals surface area contributed by atoms with Crippen molar-refractivity contribution in [2.45, 2.75) is 26.4 Å². The second-order valence-electron chi connectivity index (χ2n) is 10.2. The normalized spacial score (nSPS) is 13.0. The molecule has 0 saturated carbocycles. The van der Waals surface area contributed by atoms with Crippen molar-refractivity contribution in [2.75, 3.05) is 24.7 Å². The van der Waals surface area contributed by atoms with E-state index in [1.165, 1.54) is 31.1 Å². The quantitative estimate of drug-likeness (QED) is 0.345. The predicted molar refractivity (Wildman–Crippen MR) is 154 cm³/mol. The summed E-state index contributed by atoms with van der Waals surface area (Å²) in [6, 6.07) is 13.5. The number of hydrogen-bond donors (Lipinski definition) is 2. The Bertz CT molecular complexity index is 1820. The highest BCUT2D eigenvalue weighted by molar-refractivity contribution is 7.92. The van der Waals surface area contributed by atoms with Gasteiger partial charge >= 0.3 is 0 Å². The SMILES string of the molecule is CNC(=O)c1cc(F)ccc1CN1Cc2c(c(O)c3ncc(Cc4ccc(C)cc4)cc3c2N(C)S(C)(=O)=O)C1=O. The highest BCUT2D eigenvalue weighted by Gasteiger charge is 2.37. The summed E-state index contributed by atoms with van der Waals surface area (Å²) < 4.78 is 40.6. The van der Waals surface area contributed by atoms with Gasteiger partial charge in [0, 0.05) is 49.9 Å². The highest BCUT2D eigenvalue weighted by Crippen LogP contribution is 2.45. The van der Waals surface area contributed by atoms with Gasteiger partial charge < -0.3 is 15.3 Å². The summed E-state index contributed by atoms with van der Waals surface area (Å²) in [4.78, 5) is 31.9. The molecule has 0 saturated heterocycles. The lowest BCUT2D eigenvalue weighted by molar-refractivity contribution is 0.0762. The molecule has 41 heavy (non-hydrogen) atoms. The third kappa shape index (κ3) is 5.20. The summed E-state index contributed by atoms with van der Waals surface area (Å²) in [5, 5.41) is 14.1. The van der Waals surface area contributed by atoms with Crippen molar-refractivity contribution in [3.63, 3.8) is 0 Å². The molecule has 0 bridgehead atoms. The van der Waals surface area contributed by atoms with E-state index in [-0.39, 0.29) is 41.2 Å². The van der Waals surface area contributed by atoms with Crippen molar-refractivity contribution in [2.24, 2.45) is 0 Å². The van der Waals surface area contributed by atoms with E-state index >= 15 is 0 Å². The minimum Gasteiger partial charge on any atom is -0.505 e. The molecule has 0 atom stereocenters. The van der Waals surface area contributed by atoms with Crippen LogP contribution in [0.15, 0.2) is 54.7 Å². The lowest BCUT2D eigenvalue weighted by Crippen LogP contribution is -2.27. The lowest BCUT2D eigenvalue weighted by atomic mass is 9.98. The van der Waals surface area contributed by atoms with Crippen LogP contribution in [0.5, 0.6) is 5.75 Å². The zero-order valence-corrected chi connectivity index (χ0v) is 23.8. The van der Waals surface area contributed by atoms with E-state index in [1.807, 2.05) is 31.2 Å². The first kappa shape index (κ1) is 28.0. The Morgan fingerprint density at radius 2 is 1.85 bits per heavy atom. The maximum atomic E-state index is 13.9. The van der Waals surface area contributed by atoms with Crippen LogP contribution in [0.1, 0.15) is 48.5 Å². The van der Waals surface area contributed by atoms with E-state index < -0.39 is 27.7 Å². The minimum atomic E-state index is -3.78. The van der Waals surface area contributed by atoms with Crippen molar-refractivity contribution < 1.29 is 27.5 Å². The van der Waals surface area contributed by atoms with Crippen LogP contribution in [0.25, 0.3) is 10.9 Å². The number of nitrogens with zero attached hydrogens (tertiary/aromatic N) is 3. The molecule has 11 heteroatoms. The van der Waals surface area contributed by atoms with Crippen LogP contribution in [-0.4, -0.2) is 55.6 Å². The Balaban J connectivity index is 1.64. The second kappa shape index (κ2) is 10.5. The first-order valence-electron chi connectivity index (χ1n) is 12.8. The number of anilines is 1. The molecule has 212 valence electrons. The number of nitrogens with one attached hydrogen (secondary N) is 1. The number of carbonyl (C=O) groups excluding carboxylic acids is 2. The third-order valence-electron chi connectivity index (χ3n) is 7.34. The average Bonchev–Trinajstić information content (AvgIpc) is 3.25. The number of benzene rings is 3. The fourth-order valence-corrected chi connectivity index (χ4v) is 5.69. The molecule has 9 nitrogen and oxygen atoms in total. The van der Waals surface area contributed by atoms with Gasteiger partial charge in [-0.05, 0) is 48.2 Å². The number of sulfonamides is 1. The molecular weight excluding hydrogens is 547 g/mol. The van der Waals surface area contributed by atoms with Gasteiger partial charge in [0.1, 0.15) is 11.3 Å². The number of phenols is 1. The van der Waals surface area contributed by atoms with Crippen LogP contribution in [0.2, 0.25) is 0 Å². The van der Waals surface area contributed by atoms with Gasteiger partial charge in [0.05, 0.1) is 17.5 Å². The summed E-state index contributed by atoms with van der Waals surface area (Å²) in [6.07, 6.45) is 3.19. The Labute approximate surface area is 237 Å². The van der Waals surface area contributed by atoms with Gasteiger partial charge in [0.2, 0.25) is 10.0 Å². The Morgan fingerprint density at radius 3 is 2.51 bits per heavy atom. The number of aryl methyl sites for hydroxylation is 1. The average molecular weight is 577 g/mol. The summed E-state index contributed by atoms with van der Waals surface area (Å²) in [7, 11) is -0.963. The minimum absolute atomic E-state index is 0.0421. The third-order valence-corrected chi connectivity index (χ3v) is 8.52. The van der Waals surface area contributed by atoms with Gasteiger partial charge in [-0.15, -0.1) is 0 Å². The van der Waals surface area contributed by atoms with Crippen molar-refractivity contribution >= 4 is 38.4 Å². The molecule has 5 rings (SSSR count). The van der Waals surface area contributed by atoms with Crippen LogP contribution in [0, 0.1) is 12.7 Å². The zero-order chi connectivity index (χ0) is 29.6. The van der Waals surface area contributed by atoms with E-state index in [2.05, 4.69) is 10.3 Å². The number of fused-ring (bicyclic) bond motifs is 2.